The molecule has 51 heavy (non-hydrogen) atoms. The number of rotatable bonds is 5. The van der Waals surface area contributed by atoms with Crippen LogP contribution < -0.4 is 0 Å². The van der Waals surface area contributed by atoms with Crippen molar-refractivity contribution < 1.29 is 4.42 Å². The van der Waals surface area contributed by atoms with Crippen molar-refractivity contribution in [3.8, 4) is 56.7 Å². The first-order valence-electron chi connectivity index (χ1n) is 17.0. The SMILES string of the molecule is c1ccc(-c2cccc(-c3nc(-c4ccccc4)nc(-c4cccc5c4ccc4ccc6ccc7nc(-c8ccccc8)oc7c6c45)n3)c2)cc1. The highest BCUT2D eigenvalue weighted by molar-refractivity contribution is 6.27. The molecule has 0 amide bonds. The zero-order valence-corrected chi connectivity index (χ0v) is 27.4. The smallest absolute Gasteiger partial charge is 0.227 e. The van der Waals surface area contributed by atoms with Crippen molar-refractivity contribution in [3.63, 3.8) is 0 Å². The minimum absolute atomic E-state index is 0.610. The van der Waals surface area contributed by atoms with E-state index in [1.807, 2.05) is 72.8 Å². The van der Waals surface area contributed by atoms with Crippen LogP contribution in [0.25, 0.3) is 100 Å². The van der Waals surface area contributed by atoms with Gasteiger partial charge in [0, 0.05) is 33.0 Å². The van der Waals surface area contributed by atoms with Crippen LogP contribution in [0.1, 0.15) is 0 Å². The van der Waals surface area contributed by atoms with E-state index in [4.69, 9.17) is 24.4 Å². The molecule has 5 heteroatoms. The van der Waals surface area contributed by atoms with Gasteiger partial charge in [0.15, 0.2) is 23.1 Å². The molecule has 0 aliphatic carbocycles. The Hall–Kier alpha value is -6.98. The summed E-state index contributed by atoms with van der Waals surface area (Å²) < 4.78 is 6.57. The molecule has 10 rings (SSSR count). The van der Waals surface area contributed by atoms with E-state index in [1.54, 1.807) is 0 Å². The summed E-state index contributed by atoms with van der Waals surface area (Å²) in [5.74, 6) is 2.47. The minimum Gasteiger partial charge on any atom is -0.435 e. The van der Waals surface area contributed by atoms with E-state index in [0.717, 1.165) is 76.8 Å². The minimum atomic E-state index is 0.610. The number of oxazole rings is 1. The van der Waals surface area contributed by atoms with Crippen LogP contribution in [0.4, 0.5) is 0 Å². The van der Waals surface area contributed by atoms with Crippen molar-refractivity contribution in [2.45, 2.75) is 0 Å². The number of aromatic nitrogens is 4. The molecule has 5 nitrogen and oxygen atoms in total. The molecule has 0 unspecified atom stereocenters. The van der Waals surface area contributed by atoms with Crippen LogP contribution in [0.15, 0.2) is 174 Å². The average Bonchev–Trinajstić information content (AvgIpc) is 3.66. The maximum Gasteiger partial charge on any atom is 0.227 e. The molecule has 8 aromatic carbocycles. The Kier molecular flexibility index (Phi) is 6.74. The Morgan fingerprint density at radius 2 is 0.922 bits per heavy atom. The molecule has 0 bridgehead atoms. The lowest BCUT2D eigenvalue weighted by Gasteiger charge is -2.13. The highest BCUT2D eigenvalue weighted by Gasteiger charge is 2.18. The molecule has 0 saturated carbocycles. The number of hydrogen-bond donors (Lipinski definition) is 0. The summed E-state index contributed by atoms with van der Waals surface area (Å²) in [6, 6.07) is 58.2. The van der Waals surface area contributed by atoms with E-state index in [0.29, 0.717) is 23.4 Å². The zero-order valence-electron chi connectivity index (χ0n) is 27.4. The third-order valence-corrected chi connectivity index (χ3v) is 9.53. The highest BCUT2D eigenvalue weighted by atomic mass is 16.3. The average molecular weight is 653 g/mol. The largest absolute Gasteiger partial charge is 0.435 e. The topological polar surface area (TPSA) is 64.7 Å². The molecule has 0 aliphatic heterocycles. The second-order valence-electron chi connectivity index (χ2n) is 12.6. The molecule has 0 N–H and O–H groups in total. The van der Waals surface area contributed by atoms with Crippen LogP contribution in [0, 0.1) is 0 Å². The van der Waals surface area contributed by atoms with Crippen LogP contribution in [-0.4, -0.2) is 19.9 Å². The van der Waals surface area contributed by atoms with E-state index in [9.17, 15) is 0 Å². The Bertz CT molecular complexity index is 2900. The van der Waals surface area contributed by atoms with E-state index in [2.05, 4.69) is 97.1 Å². The van der Waals surface area contributed by atoms with E-state index < -0.39 is 0 Å². The van der Waals surface area contributed by atoms with Crippen molar-refractivity contribution in [1.29, 1.82) is 0 Å². The Morgan fingerprint density at radius 3 is 1.69 bits per heavy atom. The normalized spacial score (nSPS) is 11.5. The van der Waals surface area contributed by atoms with Gasteiger partial charge in [-0.2, -0.15) is 0 Å². The molecule has 2 aromatic heterocycles. The summed E-state index contributed by atoms with van der Waals surface area (Å²) in [7, 11) is 0. The lowest BCUT2D eigenvalue weighted by Crippen LogP contribution is -2.00. The van der Waals surface area contributed by atoms with Gasteiger partial charge >= 0.3 is 0 Å². The third kappa shape index (κ3) is 5.03. The molecular formula is C46H28N4O. The number of benzene rings is 8. The fraction of sp³-hybridized carbons (Fsp3) is 0. The summed E-state index contributed by atoms with van der Waals surface area (Å²) in [6.07, 6.45) is 0. The second-order valence-corrected chi connectivity index (χ2v) is 12.6. The molecule has 0 saturated heterocycles. The first kappa shape index (κ1) is 29.0. The van der Waals surface area contributed by atoms with Crippen LogP contribution in [0.2, 0.25) is 0 Å². The van der Waals surface area contributed by atoms with Crippen molar-refractivity contribution in [1.82, 2.24) is 19.9 Å². The van der Waals surface area contributed by atoms with Crippen molar-refractivity contribution in [2.75, 3.05) is 0 Å². The summed E-state index contributed by atoms with van der Waals surface area (Å²) in [5.41, 5.74) is 7.59. The molecule has 0 aliphatic rings. The molecule has 0 atom stereocenters. The summed E-state index contributed by atoms with van der Waals surface area (Å²) in [6.45, 7) is 0. The van der Waals surface area contributed by atoms with Gasteiger partial charge in [0.1, 0.15) is 5.52 Å². The molecule has 0 spiro atoms. The van der Waals surface area contributed by atoms with Gasteiger partial charge < -0.3 is 4.42 Å². The fourth-order valence-electron chi connectivity index (χ4n) is 7.09. The van der Waals surface area contributed by atoms with Gasteiger partial charge in [0.25, 0.3) is 0 Å². The number of nitrogens with zero attached hydrogens (tertiary/aromatic N) is 4. The van der Waals surface area contributed by atoms with Crippen molar-refractivity contribution in [3.05, 3.63) is 170 Å². The van der Waals surface area contributed by atoms with Crippen LogP contribution >= 0.6 is 0 Å². The predicted molar refractivity (Wildman–Crippen MR) is 207 cm³/mol. The second kappa shape index (κ2) is 11.9. The molecule has 0 fully saturated rings. The standard InChI is InChI=1S/C46H28N4O/c1-4-12-29(13-5-1)34-18-10-19-35(28-34)44-48-43(32-14-6-2-7-15-32)49-45(50-44)38-21-11-20-37-36(38)26-24-30-22-23-31-25-27-39-42(41(31)40(30)37)51-46(47-39)33-16-8-3-9-17-33/h1-28H. The maximum absolute atomic E-state index is 6.57. The van der Waals surface area contributed by atoms with Gasteiger partial charge in [0.2, 0.25) is 5.89 Å². The van der Waals surface area contributed by atoms with Gasteiger partial charge in [-0.1, -0.05) is 146 Å². The molecule has 238 valence electrons. The molecular weight excluding hydrogens is 625 g/mol. The van der Waals surface area contributed by atoms with Gasteiger partial charge in [-0.3, -0.25) is 0 Å². The van der Waals surface area contributed by atoms with E-state index in [1.165, 1.54) is 0 Å². The molecule has 0 radical (unpaired) electrons. The van der Waals surface area contributed by atoms with Crippen LogP contribution in [-0.2, 0) is 0 Å². The van der Waals surface area contributed by atoms with Gasteiger partial charge in [-0.15, -0.1) is 0 Å². The monoisotopic (exact) mass is 652 g/mol. The van der Waals surface area contributed by atoms with Crippen molar-refractivity contribution in [2.24, 2.45) is 0 Å². The zero-order chi connectivity index (χ0) is 33.7. The summed E-state index contributed by atoms with van der Waals surface area (Å²) in [4.78, 5) is 20.2. The van der Waals surface area contributed by atoms with Gasteiger partial charge in [-0.25, -0.2) is 19.9 Å². The molecule has 2 heterocycles. The third-order valence-electron chi connectivity index (χ3n) is 9.53. The summed E-state index contributed by atoms with van der Waals surface area (Å²) >= 11 is 0. The molecule has 10 aromatic rings. The van der Waals surface area contributed by atoms with Crippen LogP contribution in [0.3, 0.4) is 0 Å². The quantitative estimate of drug-likeness (QED) is 0.173. The van der Waals surface area contributed by atoms with E-state index in [-0.39, 0.29) is 0 Å². The number of hydrogen-bond acceptors (Lipinski definition) is 5. The Balaban J connectivity index is 1.21. The maximum atomic E-state index is 6.57. The predicted octanol–water partition coefficient (Wildman–Crippen LogP) is 11.8. The fourth-order valence-corrected chi connectivity index (χ4v) is 7.09. The Labute approximate surface area is 293 Å². The Morgan fingerprint density at radius 1 is 0.353 bits per heavy atom. The number of fused-ring (bicyclic) bond motifs is 7. The first-order chi connectivity index (χ1) is 25.3. The van der Waals surface area contributed by atoms with Gasteiger partial charge in [0.05, 0.1) is 0 Å². The van der Waals surface area contributed by atoms with Crippen molar-refractivity contribution >= 4 is 43.4 Å². The highest BCUT2D eigenvalue weighted by Crippen LogP contribution is 2.40. The summed E-state index contributed by atoms with van der Waals surface area (Å²) in [5, 5.41) is 6.51. The lowest BCUT2D eigenvalue weighted by atomic mass is 9.93. The van der Waals surface area contributed by atoms with E-state index >= 15 is 0 Å². The first-order valence-corrected chi connectivity index (χ1v) is 17.0. The van der Waals surface area contributed by atoms with Gasteiger partial charge in [-0.05, 0) is 56.9 Å². The lowest BCUT2D eigenvalue weighted by molar-refractivity contribution is 0.623. The van der Waals surface area contributed by atoms with Crippen LogP contribution in [0.5, 0.6) is 0 Å².